The Hall–Kier alpha value is -3.10. The first kappa shape index (κ1) is 28.1. The lowest BCUT2D eigenvalue weighted by Gasteiger charge is -2.24. The first-order chi connectivity index (χ1) is 16.6. The van der Waals surface area contributed by atoms with Crippen molar-refractivity contribution < 1.29 is 33.5 Å². The molecule has 35 heavy (non-hydrogen) atoms. The lowest BCUT2D eigenvalue weighted by atomic mass is 10.1. The number of amides is 3. The summed E-state index contributed by atoms with van der Waals surface area (Å²) in [6.07, 6.45) is 6.33. The van der Waals surface area contributed by atoms with E-state index >= 15 is 0 Å². The van der Waals surface area contributed by atoms with Gasteiger partial charge in [-0.25, -0.2) is 9.59 Å². The van der Waals surface area contributed by atoms with E-state index in [1.54, 1.807) is 45.0 Å². The van der Waals surface area contributed by atoms with E-state index in [0.717, 1.165) is 24.2 Å². The first-order valence-corrected chi connectivity index (χ1v) is 12.4. The monoisotopic (exact) mass is 490 g/mol. The Bertz CT molecular complexity index is 845. The highest BCUT2D eigenvalue weighted by Gasteiger charge is 2.36. The molecule has 1 heterocycles. The molecule has 9 heteroatoms. The van der Waals surface area contributed by atoms with Crippen LogP contribution in [0.1, 0.15) is 84.6 Å². The summed E-state index contributed by atoms with van der Waals surface area (Å²) in [7, 11) is 0. The van der Waals surface area contributed by atoms with Gasteiger partial charge in [-0.15, -0.1) is 5.06 Å². The summed E-state index contributed by atoms with van der Waals surface area (Å²) in [4.78, 5) is 53.7. The normalized spacial score (nSPS) is 14.6. The number of hydrogen-bond donors (Lipinski definition) is 1. The fourth-order valence-corrected chi connectivity index (χ4v) is 3.48. The molecule has 1 atom stereocenters. The zero-order valence-corrected chi connectivity index (χ0v) is 21.3. The molecule has 0 radical (unpaired) electrons. The largest absolute Gasteiger partial charge is 0.494 e. The molecule has 1 N–H and O–H groups in total. The quantitative estimate of drug-likeness (QED) is 0.321. The number of carbonyl (C=O) groups excluding carboxylic acids is 4. The van der Waals surface area contributed by atoms with E-state index < -0.39 is 35.5 Å². The maximum atomic E-state index is 12.8. The van der Waals surface area contributed by atoms with Gasteiger partial charge in [-0.2, -0.15) is 0 Å². The molecule has 0 spiro atoms. The van der Waals surface area contributed by atoms with Crippen LogP contribution in [0.15, 0.2) is 24.3 Å². The molecule has 2 rings (SSSR count). The van der Waals surface area contributed by atoms with Gasteiger partial charge < -0.3 is 19.6 Å². The summed E-state index contributed by atoms with van der Waals surface area (Å²) >= 11 is 0. The van der Waals surface area contributed by atoms with Crippen LogP contribution in [0.5, 0.6) is 5.75 Å². The Labute approximate surface area is 207 Å². The van der Waals surface area contributed by atoms with Gasteiger partial charge in [0.15, 0.2) is 0 Å². The van der Waals surface area contributed by atoms with E-state index in [1.807, 2.05) is 0 Å². The molecule has 0 unspecified atom stereocenters. The van der Waals surface area contributed by atoms with Gasteiger partial charge in [0, 0.05) is 19.3 Å². The van der Waals surface area contributed by atoms with Gasteiger partial charge in [-0.1, -0.05) is 51.2 Å². The van der Waals surface area contributed by atoms with Crippen LogP contribution in [0.3, 0.4) is 0 Å². The average Bonchev–Trinajstić information content (AvgIpc) is 3.10. The second-order valence-electron chi connectivity index (χ2n) is 9.66. The van der Waals surface area contributed by atoms with Crippen LogP contribution in [-0.2, 0) is 30.4 Å². The third-order valence-corrected chi connectivity index (χ3v) is 5.29. The lowest BCUT2D eigenvalue weighted by Crippen LogP contribution is -2.48. The van der Waals surface area contributed by atoms with Gasteiger partial charge >= 0.3 is 12.1 Å². The average molecular weight is 491 g/mol. The van der Waals surface area contributed by atoms with E-state index in [1.165, 1.54) is 25.7 Å². The van der Waals surface area contributed by atoms with Crippen LogP contribution >= 0.6 is 0 Å². The highest BCUT2D eigenvalue weighted by atomic mass is 16.7. The van der Waals surface area contributed by atoms with Crippen molar-refractivity contribution in [1.82, 2.24) is 10.4 Å². The molecule has 9 nitrogen and oxygen atoms in total. The predicted molar refractivity (Wildman–Crippen MR) is 129 cm³/mol. The number of imide groups is 1. The number of hydroxylamine groups is 2. The van der Waals surface area contributed by atoms with E-state index in [0.29, 0.717) is 11.7 Å². The highest BCUT2D eigenvalue weighted by Crippen LogP contribution is 2.17. The van der Waals surface area contributed by atoms with Crippen molar-refractivity contribution in [2.75, 3.05) is 6.61 Å². The first-order valence-electron chi connectivity index (χ1n) is 12.4. The number of rotatable bonds is 13. The highest BCUT2D eigenvalue weighted by molar-refractivity contribution is 6.01. The minimum Gasteiger partial charge on any atom is -0.494 e. The summed E-state index contributed by atoms with van der Waals surface area (Å²) in [6.45, 7) is 7.93. The molecule has 1 aromatic carbocycles. The minimum atomic E-state index is -1.17. The molecule has 3 amide bonds. The van der Waals surface area contributed by atoms with Crippen molar-refractivity contribution in [3.63, 3.8) is 0 Å². The molecule has 194 valence electrons. The van der Waals surface area contributed by atoms with Gasteiger partial charge in [0.2, 0.25) is 0 Å². The van der Waals surface area contributed by atoms with Crippen molar-refractivity contribution in [2.24, 2.45) is 0 Å². The number of ether oxygens (including phenoxy) is 2. The van der Waals surface area contributed by atoms with Crippen LogP contribution < -0.4 is 10.1 Å². The summed E-state index contributed by atoms with van der Waals surface area (Å²) in [6, 6.07) is 6.02. The molecule has 0 aromatic heterocycles. The molecule has 1 fully saturated rings. The van der Waals surface area contributed by atoms with Crippen molar-refractivity contribution in [3.05, 3.63) is 29.8 Å². The van der Waals surface area contributed by atoms with Crippen molar-refractivity contribution >= 4 is 23.9 Å². The fourth-order valence-electron chi connectivity index (χ4n) is 3.48. The maximum Gasteiger partial charge on any atom is 0.408 e. The summed E-state index contributed by atoms with van der Waals surface area (Å²) in [5.74, 6) is -1.39. The Morgan fingerprint density at radius 1 is 0.971 bits per heavy atom. The predicted octanol–water partition coefficient (Wildman–Crippen LogP) is 4.47. The standard InChI is InChI=1S/C26H38N2O7/c1-5-6-7-8-9-10-17-33-20-13-11-19(12-14-20)18-21(27-25(32)34-26(2,3)4)24(31)35-28-22(29)15-16-23(28)30/h11-14,21H,5-10,15-18H2,1-4H3,(H,27,32)/t21-/m0/s1. The van der Waals surface area contributed by atoms with Crippen LogP contribution in [0.4, 0.5) is 4.79 Å². The second-order valence-corrected chi connectivity index (χ2v) is 9.66. The molecule has 1 aromatic rings. The zero-order chi connectivity index (χ0) is 25.8. The van der Waals surface area contributed by atoms with Gasteiger partial charge in [-0.3, -0.25) is 9.59 Å². The smallest absolute Gasteiger partial charge is 0.408 e. The van der Waals surface area contributed by atoms with Crippen LogP contribution in [0.2, 0.25) is 0 Å². The third-order valence-electron chi connectivity index (χ3n) is 5.29. The number of benzene rings is 1. The van der Waals surface area contributed by atoms with Gasteiger partial charge in [0.25, 0.3) is 11.8 Å². The summed E-state index contributed by atoms with van der Waals surface area (Å²) < 4.78 is 11.0. The number of unbranched alkanes of at least 4 members (excludes halogenated alkanes) is 5. The van der Waals surface area contributed by atoms with Crippen molar-refractivity contribution in [3.8, 4) is 5.75 Å². The minimum absolute atomic E-state index is 0.0174. The van der Waals surface area contributed by atoms with E-state index in [2.05, 4.69) is 12.2 Å². The molecule has 1 aliphatic heterocycles. The molecule has 1 saturated heterocycles. The molecular formula is C26H38N2O7. The Balaban J connectivity index is 1.96. The Kier molecular flexibility index (Phi) is 11.0. The summed E-state index contributed by atoms with van der Waals surface area (Å²) in [5.41, 5.74) is -0.0389. The van der Waals surface area contributed by atoms with E-state index in [4.69, 9.17) is 14.3 Å². The molecule has 1 aliphatic rings. The number of nitrogens with zero attached hydrogens (tertiary/aromatic N) is 1. The topological polar surface area (TPSA) is 111 Å². The molecular weight excluding hydrogens is 452 g/mol. The SMILES string of the molecule is CCCCCCCCOc1ccc(C[C@H](NC(=O)OC(C)(C)C)C(=O)ON2C(=O)CCC2=O)cc1. The summed E-state index contributed by atoms with van der Waals surface area (Å²) in [5, 5.41) is 2.95. The number of carbonyl (C=O) groups is 4. The van der Waals surface area contributed by atoms with Crippen LogP contribution in [-0.4, -0.2) is 47.2 Å². The Morgan fingerprint density at radius 3 is 2.17 bits per heavy atom. The van der Waals surface area contributed by atoms with E-state index in [-0.39, 0.29) is 19.3 Å². The Morgan fingerprint density at radius 2 is 1.57 bits per heavy atom. The van der Waals surface area contributed by atoms with Crippen LogP contribution in [0, 0.1) is 0 Å². The van der Waals surface area contributed by atoms with Crippen molar-refractivity contribution in [1.29, 1.82) is 0 Å². The van der Waals surface area contributed by atoms with Crippen molar-refractivity contribution in [2.45, 2.75) is 97.1 Å². The lowest BCUT2D eigenvalue weighted by molar-refractivity contribution is -0.198. The fraction of sp³-hybridized carbons (Fsp3) is 0.615. The van der Waals surface area contributed by atoms with Gasteiger partial charge in [0.05, 0.1) is 6.61 Å². The van der Waals surface area contributed by atoms with E-state index in [9.17, 15) is 19.2 Å². The molecule has 0 saturated carbocycles. The zero-order valence-electron chi connectivity index (χ0n) is 21.3. The number of alkyl carbamates (subject to hydrolysis) is 1. The van der Waals surface area contributed by atoms with Gasteiger partial charge in [0.1, 0.15) is 17.4 Å². The molecule has 0 bridgehead atoms. The maximum absolute atomic E-state index is 12.8. The third kappa shape index (κ3) is 10.4. The second kappa shape index (κ2) is 13.7. The molecule has 0 aliphatic carbocycles. The van der Waals surface area contributed by atoms with Gasteiger partial charge in [-0.05, 0) is 44.9 Å². The van der Waals surface area contributed by atoms with Crippen LogP contribution in [0.25, 0.3) is 0 Å². The number of hydrogen-bond acceptors (Lipinski definition) is 7. The number of nitrogens with one attached hydrogen (secondary N) is 1.